The Balaban J connectivity index is 2.25. The summed E-state index contributed by atoms with van der Waals surface area (Å²) in [5, 5.41) is 9.59. The second-order valence-corrected chi connectivity index (χ2v) is 7.42. The van der Waals surface area contributed by atoms with Crippen LogP contribution in [0.4, 0.5) is 0 Å². The first-order chi connectivity index (χ1) is 12.9. The molecule has 1 N–H and O–H groups in total. The van der Waals surface area contributed by atoms with E-state index in [1.54, 1.807) is 7.11 Å². The Morgan fingerprint density at radius 2 is 1.93 bits per heavy atom. The van der Waals surface area contributed by atoms with Crippen molar-refractivity contribution in [1.82, 2.24) is 14.5 Å². The Morgan fingerprint density at radius 3 is 2.52 bits per heavy atom. The summed E-state index contributed by atoms with van der Waals surface area (Å²) in [4.78, 5) is 9.70. The standard InChI is InChI=1S/C22H29N3O2/c1-7-16-10-19-20(14(4)11-25(19)15(5)12-26)24-21(16)17-8-9-18(13(2)3)23-22(17)27-6/h8-11,13,15,26H,7,12H2,1-6H3. The number of aryl methyl sites for hydroxylation is 2. The van der Waals surface area contributed by atoms with Gasteiger partial charge in [0.1, 0.15) is 0 Å². The predicted molar refractivity (Wildman–Crippen MR) is 110 cm³/mol. The number of ether oxygens (including phenoxy) is 1. The first-order valence-electron chi connectivity index (χ1n) is 9.58. The van der Waals surface area contributed by atoms with Gasteiger partial charge in [-0.3, -0.25) is 0 Å². The van der Waals surface area contributed by atoms with Gasteiger partial charge in [0.2, 0.25) is 5.88 Å². The summed E-state index contributed by atoms with van der Waals surface area (Å²) < 4.78 is 7.71. The molecule has 1 atom stereocenters. The molecule has 0 amide bonds. The number of hydrogen-bond donors (Lipinski definition) is 1. The van der Waals surface area contributed by atoms with Crippen molar-refractivity contribution in [1.29, 1.82) is 0 Å². The summed E-state index contributed by atoms with van der Waals surface area (Å²) in [6.07, 6.45) is 2.92. The number of aliphatic hydroxyl groups is 1. The fourth-order valence-corrected chi connectivity index (χ4v) is 3.44. The van der Waals surface area contributed by atoms with Crippen LogP contribution in [0.25, 0.3) is 22.3 Å². The van der Waals surface area contributed by atoms with E-state index in [2.05, 4.69) is 56.7 Å². The molecule has 0 aliphatic rings. The zero-order valence-corrected chi connectivity index (χ0v) is 17.1. The molecule has 0 saturated heterocycles. The van der Waals surface area contributed by atoms with Crippen LogP contribution < -0.4 is 4.74 Å². The number of aromatic nitrogens is 3. The van der Waals surface area contributed by atoms with Gasteiger partial charge in [0.05, 0.1) is 42.0 Å². The molecule has 3 heterocycles. The first-order valence-corrected chi connectivity index (χ1v) is 9.58. The van der Waals surface area contributed by atoms with Crippen molar-refractivity contribution in [2.45, 2.75) is 53.0 Å². The molecule has 144 valence electrons. The summed E-state index contributed by atoms with van der Waals surface area (Å²) >= 11 is 0. The highest BCUT2D eigenvalue weighted by Crippen LogP contribution is 2.34. The van der Waals surface area contributed by atoms with Crippen molar-refractivity contribution in [2.75, 3.05) is 13.7 Å². The van der Waals surface area contributed by atoms with E-state index in [1.165, 1.54) is 0 Å². The van der Waals surface area contributed by atoms with Crippen molar-refractivity contribution in [3.63, 3.8) is 0 Å². The number of fused-ring (bicyclic) bond motifs is 1. The summed E-state index contributed by atoms with van der Waals surface area (Å²) in [6.45, 7) is 10.5. The van der Waals surface area contributed by atoms with Crippen molar-refractivity contribution in [2.24, 2.45) is 0 Å². The minimum Gasteiger partial charge on any atom is -0.480 e. The van der Waals surface area contributed by atoms with Gasteiger partial charge in [0.25, 0.3) is 0 Å². The number of hydrogen-bond acceptors (Lipinski definition) is 4. The molecular weight excluding hydrogens is 338 g/mol. The van der Waals surface area contributed by atoms with E-state index in [0.717, 1.165) is 45.5 Å². The number of rotatable bonds is 6. The molecule has 0 aliphatic carbocycles. The minimum absolute atomic E-state index is 0.0140. The predicted octanol–water partition coefficient (Wildman–Crippen LogP) is 4.65. The molecule has 5 nitrogen and oxygen atoms in total. The molecular formula is C22H29N3O2. The maximum absolute atomic E-state index is 9.59. The SMILES string of the molecule is CCc1cc2c(nc1-c1ccc(C(C)C)nc1OC)c(C)cn2C(C)CO. The second kappa shape index (κ2) is 7.69. The Bertz CT molecular complexity index is 960. The third kappa shape index (κ3) is 3.44. The Hall–Kier alpha value is -2.40. The minimum atomic E-state index is 0.0140. The zero-order chi connectivity index (χ0) is 19.7. The molecule has 3 rings (SSSR count). The summed E-state index contributed by atoms with van der Waals surface area (Å²) in [6, 6.07) is 6.32. The number of nitrogens with zero attached hydrogens (tertiary/aromatic N) is 3. The molecule has 0 aliphatic heterocycles. The fourth-order valence-electron chi connectivity index (χ4n) is 3.44. The van der Waals surface area contributed by atoms with Crippen LogP contribution in [0.5, 0.6) is 5.88 Å². The zero-order valence-electron chi connectivity index (χ0n) is 17.1. The molecule has 0 fully saturated rings. The highest BCUT2D eigenvalue weighted by atomic mass is 16.5. The molecule has 3 aromatic heterocycles. The smallest absolute Gasteiger partial charge is 0.222 e. The first kappa shape index (κ1) is 19.4. The Morgan fingerprint density at radius 1 is 1.19 bits per heavy atom. The van der Waals surface area contributed by atoms with E-state index in [4.69, 9.17) is 14.7 Å². The van der Waals surface area contributed by atoms with Crippen LogP contribution in [0, 0.1) is 6.92 Å². The normalized spacial score (nSPS) is 12.7. The molecule has 0 radical (unpaired) electrons. The molecule has 27 heavy (non-hydrogen) atoms. The van der Waals surface area contributed by atoms with Gasteiger partial charge < -0.3 is 14.4 Å². The van der Waals surface area contributed by atoms with Crippen LogP contribution in [0.15, 0.2) is 24.4 Å². The number of aliphatic hydroxyl groups excluding tert-OH is 1. The van der Waals surface area contributed by atoms with E-state index in [1.807, 2.05) is 6.92 Å². The average Bonchev–Trinajstić information content (AvgIpc) is 3.01. The van der Waals surface area contributed by atoms with Gasteiger partial charge in [-0.15, -0.1) is 0 Å². The molecule has 1 unspecified atom stereocenters. The van der Waals surface area contributed by atoms with E-state index in [9.17, 15) is 5.11 Å². The molecule has 0 bridgehead atoms. The molecule has 0 saturated carbocycles. The van der Waals surface area contributed by atoms with Crippen molar-refractivity contribution < 1.29 is 9.84 Å². The van der Waals surface area contributed by atoms with Crippen LogP contribution in [-0.2, 0) is 6.42 Å². The second-order valence-electron chi connectivity index (χ2n) is 7.42. The largest absolute Gasteiger partial charge is 0.480 e. The highest BCUT2D eigenvalue weighted by Gasteiger charge is 2.19. The quantitative estimate of drug-likeness (QED) is 0.689. The molecule has 5 heteroatoms. The van der Waals surface area contributed by atoms with Gasteiger partial charge in [-0.2, -0.15) is 0 Å². The Kier molecular flexibility index (Phi) is 5.51. The topological polar surface area (TPSA) is 60.2 Å². The van der Waals surface area contributed by atoms with Gasteiger partial charge in [0.15, 0.2) is 0 Å². The van der Waals surface area contributed by atoms with E-state index in [-0.39, 0.29) is 12.6 Å². The maximum Gasteiger partial charge on any atom is 0.222 e. The lowest BCUT2D eigenvalue weighted by molar-refractivity contribution is 0.241. The Labute approximate surface area is 161 Å². The monoisotopic (exact) mass is 367 g/mol. The summed E-state index contributed by atoms with van der Waals surface area (Å²) in [5.41, 5.74) is 7.10. The van der Waals surface area contributed by atoms with Crippen LogP contribution >= 0.6 is 0 Å². The van der Waals surface area contributed by atoms with Gasteiger partial charge in [-0.1, -0.05) is 20.8 Å². The van der Waals surface area contributed by atoms with Gasteiger partial charge >= 0.3 is 0 Å². The third-order valence-electron chi connectivity index (χ3n) is 5.11. The molecule has 0 aromatic carbocycles. The van der Waals surface area contributed by atoms with Crippen LogP contribution in [0.2, 0.25) is 0 Å². The van der Waals surface area contributed by atoms with Crippen molar-refractivity contribution in [3.8, 4) is 17.1 Å². The molecule has 3 aromatic rings. The van der Waals surface area contributed by atoms with E-state index >= 15 is 0 Å². The van der Waals surface area contributed by atoms with Gasteiger partial charge in [0, 0.05) is 11.9 Å². The van der Waals surface area contributed by atoms with Crippen LogP contribution in [-0.4, -0.2) is 33.4 Å². The van der Waals surface area contributed by atoms with Crippen LogP contribution in [0.3, 0.4) is 0 Å². The molecule has 0 spiro atoms. The number of pyridine rings is 2. The fraction of sp³-hybridized carbons (Fsp3) is 0.455. The van der Waals surface area contributed by atoms with Gasteiger partial charge in [-0.25, -0.2) is 9.97 Å². The van der Waals surface area contributed by atoms with Crippen LogP contribution in [0.1, 0.15) is 56.5 Å². The number of methoxy groups -OCH3 is 1. The summed E-state index contributed by atoms with van der Waals surface area (Å²) in [5.74, 6) is 0.953. The van der Waals surface area contributed by atoms with Gasteiger partial charge in [-0.05, 0) is 55.5 Å². The van der Waals surface area contributed by atoms with E-state index in [0.29, 0.717) is 11.8 Å². The average molecular weight is 367 g/mol. The van der Waals surface area contributed by atoms with Crippen molar-refractivity contribution in [3.05, 3.63) is 41.2 Å². The lowest BCUT2D eigenvalue weighted by Crippen LogP contribution is -2.08. The summed E-state index contributed by atoms with van der Waals surface area (Å²) in [7, 11) is 1.66. The third-order valence-corrected chi connectivity index (χ3v) is 5.11. The lowest BCUT2D eigenvalue weighted by atomic mass is 10.0. The van der Waals surface area contributed by atoms with E-state index < -0.39 is 0 Å². The maximum atomic E-state index is 9.59. The highest BCUT2D eigenvalue weighted by molar-refractivity contribution is 5.85. The van der Waals surface area contributed by atoms with Crippen molar-refractivity contribution >= 4 is 11.0 Å². The lowest BCUT2D eigenvalue weighted by Gasteiger charge is -2.16.